The van der Waals surface area contributed by atoms with Gasteiger partial charge in [0.1, 0.15) is 6.10 Å². The van der Waals surface area contributed by atoms with Crippen LogP contribution in [0.4, 0.5) is 0 Å². The summed E-state index contributed by atoms with van der Waals surface area (Å²) in [5.41, 5.74) is 0. The van der Waals surface area contributed by atoms with Gasteiger partial charge in [0.25, 0.3) is 0 Å². The third-order valence-electron chi connectivity index (χ3n) is 3.41. The summed E-state index contributed by atoms with van der Waals surface area (Å²) in [5.74, 6) is 1.36. The fraction of sp³-hybridized carbons (Fsp3) is 0.562. The Hall–Kier alpha value is -1.79. The maximum atomic E-state index is 11.9. The van der Waals surface area contributed by atoms with E-state index in [0.717, 1.165) is 6.54 Å². The lowest BCUT2D eigenvalue weighted by Crippen LogP contribution is -2.45. The summed E-state index contributed by atoms with van der Waals surface area (Å²) in [5, 5.41) is 6.15. The molecular weight excluding hydrogens is 284 g/mol. The molecule has 1 aliphatic rings. The Balaban J connectivity index is 1.72. The van der Waals surface area contributed by atoms with Gasteiger partial charge < -0.3 is 24.8 Å². The van der Waals surface area contributed by atoms with E-state index in [2.05, 4.69) is 10.6 Å². The van der Waals surface area contributed by atoms with Crippen molar-refractivity contribution in [3.8, 4) is 11.5 Å². The molecule has 2 N–H and O–H groups in total. The molecule has 2 atom stereocenters. The molecule has 1 aromatic rings. The van der Waals surface area contributed by atoms with Crippen LogP contribution in [0.5, 0.6) is 11.5 Å². The van der Waals surface area contributed by atoms with Crippen molar-refractivity contribution in [2.75, 3.05) is 33.4 Å². The predicted molar refractivity (Wildman–Crippen MR) is 83.3 cm³/mol. The third-order valence-corrected chi connectivity index (χ3v) is 3.41. The zero-order chi connectivity index (χ0) is 15.8. The zero-order valence-corrected chi connectivity index (χ0v) is 13.1. The minimum atomic E-state index is -0.143. The van der Waals surface area contributed by atoms with Crippen molar-refractivity contribution >= 4 is 5.91 Å². The number of para-hydroxylation sites is 2. The fourth-order valence-corrected chi connectivity index (χ4v) is 2.28. The van der Waals surface area contributed by atoms with Gasteiger partial charge in [-0.25, -0.2) is 0 Å². The molecule has 0 spiro atoms. The first-order valence-corrected chi connectivity index (χ1v) is 7.56. The van der Waals surface area contributed by atoms with Crippen molar-refractivity contribution in [1.82, 2.24) is 10.6 Å². The topological polar surface area (TPSA) is 68.8 Å². The second kappa shape index (κ2) is 8.60. The van der Waals surface area contributed by atoms with Gasteiger partial charge >= 0.3 is 0 Å². The van der Waals surface area contributed by atoms with Gasteiger partial charge in [-0.1, -0.05) is 12.1 Å². The van der Waals surface area contributed by atoms with Gasteiger partial charge in [0, 0.05) is 19.0 Å². The fourth-order valence-electron chi connectivity index (χ4n) is 2.28. The maximum absolute atomic E-state index is 11.9. The average Bonchev–Trinajstić information content (AvgIpc) is 2.54. The van der Waals surface area contributed by atoms with E-state index in [1.165, 1.54) is 0 Å². The van der Waals surface area contributed by atoms with Crippen molar-refractivity contribution in [2.24, 2.45) is 0 Å². The molecular formula is C16H24N2O4. The molecule has 22 heavy (non-hydrogen) atoms. The largest absolute Gasteiger partial charge is 0.493 e. The van der Waals surface area contributed by atoms with Crippen LogP contribution in [0.3, 0.4) is 0 Å². The molecule has 0 aromatic heterocycles. The van der Waals surface area contributed by atoms with Gasteiger partial charge in [-0.15, -0.1) is 0 Å². The summed E-state index contributed by atoms with van der Waals surface area (Å²) in [6, 6.07) is 7.56. The van der Waals surface area contributed by atoms with Crippen molar-refractivity contribution in [2.45, 2.75) is 25.5 Å². The van der Waals surface area contributed by atoms with Crippen LogP contribution in [0.15, 0.2) is 24.3 Å². The summed E-state index contributed by atoms with van der Waals surface area (Å²) >= 11 is 0. The second-order valence-corrected chi connectivity index (χ2v) is 5.31. The number of methoxy groups -OCH3 is 1. The van der Waals surface area contributed by atoms with Gasteiger partial charge in [0.15, 0.2) is 11.5 Å². The van der Waals surface area contributed by atoms with E-state index >= 15 is 0 Å². The Morgan fingerprint density at radius 3 is 2.91 bits per heavy atom. The Kier molecular flexibility index (Phi) is 6.48. The molecule has 0 aliphatic carbocycles. The van der Waals surface area contributed by atoms with Crippen LogP contribution in [0.2, 0.25) is 0 Å². The van der Waals surface area contributed by atoms with Crippen molar-refractivity contribution < 1.29 is 19.0 Å². The van der Waals surface area contributed by atoms with Crippen molar-refractivity contribution in [1.29, 1.82) is 0 Å². The molecule has 0 radical (unpaired) electrons. The highest BCUT2D eigenvalue weighted by atomic mass is 16.5. The van der Waals surface area contributed by atoms with Crippen LogP contribution in [0, 0.1) is 0 Å². The smallest absolute Gasteiger partial charge is 0.221 e. The molecule has 1 heterocycles. The van der Waals surface area contributed by atoms with E-state index in [-0.39, 0.29) is 18.1 Å². The maximum Gasteiger partial charge on any atom is 0.221 e. The summed E-state index contributed by atoms with van der Waals surface area (Å²) in [7, 11) is 1.61. The predicted octanol–water partition coefficient (Wildman–Crippen LogP) is 0.957. The molecule has 1 amide bonds. The van der Waals surface area contributed by atoms with Crippen LogP contribution in [0.25, 0.3) is 0 Å². The highest BCUT2D eigenvalue weighted by molar-refractivity contribution is 5.76. The van der Waals surface area contributed by atoms with E-state index < -0.39 is 0 Å². The minimum absolute atomic E-state index is 0.00141. The molecule has 2 unspecified atom stereocenters. The van der Waals surface area contributed by atoms with Gasteiger partial charge in [-0.3, -0.25) is 4.79 Å². The zero-order valence-electron chi connectivity index (χ0n) is 13.1. The first kappa shape index (κ1) is 16.6. The monoisotopic (exact) mass is 308 g/mol. The van der Waals surface area contributed by atoms with Gasteiger partial charge in [-0.2, -0.15) is 0 Å². The summed E-state index contributed by atoms with van der Waals surface area (Å²) in [6.45, 7) is 4.45. The quantitative estimate of drug-likeness (QED) is 0.785. The lowest BCUT2D eigenvalue weighted by atomic mass is 10.2. The second-order valence-electron chi connectivity index (χ2n) is 5.31. The number of rotatable bonds is 7. The number of hydrogen-bond donors (Lipinski definition) is 2. The molecule has 1 fully saturated rings. The average molecular weight is 308 g/mol. The highest BCUT2D eigenvalue weighted by Gasteiger charge is 2.17. The standard InChI is InChI=1S/C16H24N2O4/c1-12(22-15-6-4-3-5-14(15)20-2)10-18-16(19)9-13-11-21-8-7-17-13/h3-6,12-13,17H,7-11H2,1-2H3,(H,18,19). The number of morpholine rings is 1. The first-order chi connectivity index (χ1) is 10.7. The lowest BCUT2D eigenvalue weighted by molar-refractivity contribution is -0.122. The number of nitrogens with one attached hydrogen (secondary N) is 2. The highest BCUT2D eigenvalue weighted by Crippen LogP contribution is 2.26. The molecule has 2 rings (SSSR count). The number of hydrogen-bond acceptors (Lipinski definition) is 5. The van der Waals surface area contributed by atoms with Gasteiger partial charge in [-0.05, 0) is 19.1 Å². The van der Waals surface area contributed by atoms with Crippen molar-refractivity contribution in [3.05, 3.63) is 24.3 Å². The van der Waals surface area contributed by atoms with E-state index in [1.807, 2.05) is 31.2 Å². The lowest BCUT2D eigenvalue weighted by Gasteiger charge is -2.23. The number of carbonyl (C=O) groups is 1. The van der Waals surface area contributed by atoms with Crippen LogP contribution < -0.4 is 20.1 Å². The Morgan fingerprint density at radius 2 is 2.23 bits per heavy atom. The Labute approximate surface area is 131 Å². The number of ether oxygens (including phenoxy) is 3. The SMILES string of the molecule is COc1ccccc1OC(C)CNC(=O)CC1COCCN1. The molecule has 0 bridgehead atoms. The Bertz CT molecular complexity index is 475. The minimum Gasteiger partial charge on any atom is -0.493 e. The van der Waals surface area contributed by atoms with Crippen LogP contribution in [-0.4, -0.2) is 51.5 Å². The summed E-state index contributed by atoms with van der Waals surface area (Å²) in [4.78, 5) is 11.9. The molecule has 1 aliphatic heterocycles. The normalized spacial score (nSPS) is 19.3. The molecule has 6 heteroatoms. The van der Waals surface area contributed by atoms with Gasteiger partial charge in [0.2, 0.25) is 5.91 Å². The van der Waals surface area contributed by atoms with Crippen LogP contribution in [-0.2, 0) is 9.53 Å². The van der Waals surface area contributed by atoms with Crippen LogP contribution in [0.1, 0.15) is 13.3 Å². The summed E-state index contributed by atoms with van der Waals surface area (Å²) in [6.07, 6.45) is 0.275. The Morgan fingerprint density at radius 1 is 1.45 bits per heavy atom. The van der Waals surface area contributed by atoms with Gasteiger partial charge in [0.05, 0.1) is 26.9 Å². The third kappa shape index (κ3) is 5.20. The molecule has 6 nitrogen and oxygen atoms in total. The molecule has 122 valence electrons. The van der Waals surface area contributed by atoms with Crippen LogP contribution >= 0.6 is 0 Å². The molecule has 1 saturated heterocycles. The molecule has 0 saturated carbocycles. The van der Waals surface area contributed by atoms with E-state index in [0.29, 0.717) is 37.7 Å². The number of benzene rings is 1. The van der Waals surface area contributed by atoms with E-state index in [1.54, 1.807) is 7.11 Å². The number of carbonyl (C=O) groups excluding carboxylic acids is 1. The first-order valence-electron chi connectivity index (χ1n) is 7.56. The van der Waals surface area contributed by atoms with E-state index in [4.69, 9.17) is 14.2 Å². The molecule has 1 aromatic carbocycles. The van der Waals surface area contributed by atoms with E-state index in [9.17, 15) is 4.79 Å². The summed E-state index contributed by atoms with van der Waals surface area (Å²) < 4.78 is 16.4. The number of amides is 1. The van der Waals surface area contributed by atoms with Crippen molar-refractivity contribution in [3.63, 3.8) is 0 Å².